The summed E-state index contributed by atoms with van der Waals surface area (Å²) >= 11 is 0. The topological polar surface area (TPSA) is 46.2 Å². The minimum absolute atomic E-state index is 0.266. The van der Waals surface area contributed by atoms with E-state index in [1.54, 1.807) is 0 Å². The lowest BCUT2D eigenvalue weighted by molar-refractivity contribution is 0.544. The largest absolute Gasteiger partial charge is 0.314 e. The molecule has 2 rings (SSSR count). The molecular formula is C14H21NO2S. The monoisotopic (exact) mass is 267 g/mol. The average Bonchev–Trinajstić information content (AvgIpc) is 2.32. The second-order valence-corrected chi connectivity index (χ2v) is 7.69. The molecule has 0 spiro atoms. The molecule has 1 N–H and O–H groups in total. The van der Waals surface area contributed by atoms with Crippen LogP contribution in [-0.2, 0) is 16.3 Å². The van der Waals surface area contributed by atoms with Gasteiger partial charge in [0.1, 0.15) is 0 Å². The van der Waals surface area contributed by atoms with Gasteiger partial charge in [0.25, 0.3) is 0 Å². The molecule has 100 valence electrons. The highest BCUT2D eigenvalue weighted by Crippen LogP contribution is 2.17. The quantitative estimate of drug-likeness (QED) is 0.907. The van der Waals surface area contributed by atoms with E-state index >= 15 is 0 Å². The molecule has 0 amide bonds. The van der Waals surface area contributed by atoms with Gasteiger partial charge in [0, 0.05) is 13.1 Å². The fourth-order valence-electron chi connectivity index (χ4n) is 2.27. The lowest BCUT2D eigenvalue weighted by atomic mass is 10.0. The van der Waals surface area contributed by atoms with Crippen LogP contribution in [0, 0.1) is 0 Å². The molecule has 1 fully saturated rings. The Morgan fingerprint density at radius 2 is 1.94 bits per heavy atom. The van der Waals surface area contributed by atoms with Gasteiger partial charge in [-0.25, -0.2) is 8.42 Å². The number of benzene rings is 1. The second-order valence-electron chi connectivity index (χ2n) is 5.29. The van der Waals surface area contributed by atoms with Crippen molar-refractivity contribution in [3.05, 3.63) is 35.4 Å². The summed E-state index contributed by atoms with van der Waals surface area (Å²) in [6.07, 6.45) is 0.619. The molecule has 0 saturated carbocycles. The fraction of sp³-hybridized carbons (Fsp3) is 0.571. The molecule has 1 aromatic carbocycles. The van der Waals surface area contributed by atoms with E-state index in [-0.39, 0.29) is 11.0 Å². The third-order valence-electron chi connectivity index (χ3n) is 3.55. The molecule has 1 unspecified atom stereocenters. The van der Waals surface area contributed by atoms with Crippen molar-refractivity contribution >= 4 is 9.84 Å². The molecule has 18 heavy (non-hydrogen) atoms. The van der Waals surface area contributed by atoms with E-state index in [4.69, 9.17) is 0 Å². The maximum atomic E-state index is 11.9. The van der Waals surface area contributed by atoms with Crippen LogP contribution in [0.5, 0.6) is 0 Å². The van der Waals surface area contributed by atoms with Gasteiger partial charge in [0.15, 0.2) is 9.84 Å². The standard InChI is InChI=1S/C14H21NO2S/c1-11(2)13-5-3-12(4-6-13)9-14-10-15-7-8-18(14,16)17/h3-6,11,14-15H,7-10H2,1-2H3. The summed E-state index contributed by atoms with van der Waals surface area (Å²) in [5, 5.41) is 2.89. The van der Waals surface area contributed by atoms with Crippen LogP contribution in [0.4, 0.5) is 0 Å². The van der Waals surface area contributed by atoms with Crippen LogP contribution in [0.25, 0.3) is 0 Å². The van der Waals surface area contributed by atoms with Gasteiger partial charge in [-0.3, -0.25) is 0 Å². The smallest absolute Gasteiger partial charge is 0.155 e. The molecule has 0 aromatic heterocycles. The van der Waals surface area contributed by atoms with Crippen molar-refractivity contribution in [2.45, 2.75) is 31.4 Å². The van der Waals surface area contributed by atoms with Gasteiger partial charge >= 0.3 is 0 Å². The lowest BCUT2D eigenvalue weighted by Gasteiger charge is -2.23. The molecule has 4 heteroatoms. The van der Waals surface area contributed by atoms with Gasteiger partial charge in [0.05, 0.1) is 11.0 Å². The summed E-state index contributed by atoms with van der Waals surface area (Å²) in [7, 11) is -2.91. The summed E-state index contributed by atoms with van der Waals surface area (Å²) in [6, 6.07) is 8.31. The van der Waals surface area contributed by atoms with Gasteiger partial charge in [-0.1, -0.05) is 38.1 Å². The number of rotatable bonds is 3. The molecule has 0 aliphatic carbocycles. The van der Waals surface area contributed by atoms with Crippen molar-refractivity contribution in [1.82, 2.24) is 5.32 Å². The predicted octanol–water partition coefficient (Wildman–Crippen LogP) is 1.74. The zero-order valence-corrected chi connectivity index (χ0v) is 11.8. The molecule has 1 saturated heterocycles. The highest BCUT2D eigenvalue weighted by molar-refractivity contribution is 7.92. The van der Waals surface area contributed by atoms with Crippen LogP contribution in [-0.4, -0.2) is 32.5 Å². The van der Waals surface area contributed by atoms with Crippen molar-refractivity contribution in [3.63, 3.8) is 0 Å². The van der Waals surface area contributed by atoms with Crippen molar-refractivity contribution in [3.8, 4) is 0 Å². The van der Waals surface area contributed by atoms with Gasteiger partial charge in [-0.05, 0) is 23.5 Å². The van der Waals surface area contributed by atoms with Crippen molar-refractivity contribution < 1.29 is 8.42 Å². The van der Waals surface area contributed by atoms with Crippen molar-refractivity contribution in [2.75, 3.05) is 18.8 Å². The van der Waals surface area contributed by atoms with E-state index in [0.29, 0.717) is 25.4 Å². The molecule has 1 aliphatic heterocycles. The van der Waals surface area contributed by atoms with Gasteiger partial charge in [-0.2, -0.15) is 0 Å². The van der Waals surface area contributed by atoms with Gasteiger partial charge < -0.3 is 5.32 Å². The fourth-order valence-corrected chi connectivity index (χ4v) is 3.85. The molecule has 1 atom stereocenters. The molecule has 3 nitrogen and oxygen atoms in total. The zero-order chi connectivity index (χ0) is 13.2. The zero-order valence-electron chi connectivity index (χ0n) is 11.0. The van der Waals surface area contributed by atoms with Gasteiger partial charge in [-0.15, -0.1) is 0 Å². The Labute approximate surface area is 110 Å². The predicted molar refractivity (Wildman–Crippen MR) is 74.7 cm³/mol. The van der Waals surface area contributed by atoms with Gasteiger partial charge in [0.2, 0.25) is 0 Å². The van der Waals surface area contributed by atoms with Crippen LogP contribution >= 0.6 is 0 Å². The Morgan fingerprint density at radius 3 is 2.50 bits per heavy atom. The number of sulfone groups is 1. The summed E-state index contributed by atoms with van der Waals surface area (Å²) in [5.41, 5.74) is 2.40. The molecule has 1 aromatic rings. The van der Waals surface area contributed by atoms with Crippen LogP contribution in [0.2, 0.25) is 0 Å². The van der Waals surface area contributed by atoms with E-state index in [0.717, 1.165) is 5.56 Å². The normalized spacial score (nSPS) is 23.2. The third-order valence-corrected chi connectivity index (χ3v) is 5.68. The van der Waals surface area contributed by atoms with Crippen molar-refractivity contribution in [2.24, 2.45) is 0 Å². The lowest BCUT2D eigenvalue weighted by Crippen LogP contribution is -2.44. The van der Waals surface area contributed by atoms with E-state index in [1.807, 2.05) is 0 Å². The first-order valence-corrected chi connectivity index (χ1v) is 8.22. The third kappa shape index (κ3) is 3.12. The molecule has 1 heterocycles. The Morgan fingerprint density at radius 1 is 1.28 bits per heavy atom. The van der Waals surface area contributed by atoms with Crippen molar-refractivity contribution in [1.29, 1.82) is 0 Å². The van der Waals surface area contributed by atoms with Crippen LogP contribution < -0.4 is 5.32 Å². The Kier molecular flexibility index (Phi) is 4.07. The first-order chi connectivity index (χ1) is 8.49. The van der Waals surface area contributed by atoms with Crippen LogP contribution in [0.3, 0.4) is 0 Å². The van der Waals surface area contributed by atoms with E-state index in [1.165, 1.54) is 5.56 Å². The maximum absolute atomic E-state index is 11.9. The SMILES string of the molecule is CC(C)c1ccc(CC2CNCCS2(=O)=O)cc1. The second kappa shape index (κ2) is 5.41. The number of hydrogen-bond acceptors (Lipinski definition) is 3. The minimum Gasteiger partial charge on any atom is -0.314 e. The Hall–Kier alpha value is -0.870. The van der Waals surface area contributed by atoms with E-state index < -0.39 is 9.84 Å². The average molecular weight is 267 g/mol. The summed E-state index contributed by atoms with van der Waals surface area (Å²) in [5.74, 6) is 0.779. The summed E-state index contributed by atoms with van der Waals surface area (Å²) < 4.78 is 23.8. The molecule has 0 bridgehead atoms. The number of nitrogens with one attached hydrogen (secondary N) is 1. The molecule has 1 aliphatic rings. The molecular weight excluding hydrogens is 246 g/mol. The Balaban J connectivity index is 2.09. The first-order valence-electron chi connectivity index (χ1n) is 6.50. The summed E-state index contributed by atoms with van der Waals surface area (Å²) in [4.78, 5) is 0. The maximum Gasteiger partial charge on any atom is 0.155 e. The van der Waals surface area contributed by atoms with Crippen LogP contribution in [0.15, 0.2) is 24.3 Å². The van der Waals surface area contributed by atoms with E-state index in [9.17, 15) is 8.42 Å². The highest BCUT2D eigenvalue weighted by Gasteiger charge is 2.28. The first kappa shape index (κ1) is 13.6. The van der Waals surface area contributed by atoms with E-state index in [2.05, 4.69) is 43.4 Å². The summed E-state index contributed by atoms with van der Waals surface area (Å²) in [6.45, 7) is 5.48. The highest BCUT2D eigenvalue weighted by atomic mass is 32.2. The van der Waals surface area contributed by atoms with Crippen LogP contribution in [0.1, 0.15) is 30.9 Å². The minimum atomic E-state index is -2.91. The Bertz CT molecular complexity index is 491. The number of hydrogen-bond donors (Lipinski definition) is 1. The molecule has 0 radical (unpaired) electrons.